The number of hydrogen-bond donors (Lipinski definition) is 0. The van der Waals surface area contributed by atoms with Gasteiger partial charge in [0.15, 0.2) is 4.80 Å². The van der Waals surface area contributed by atoms with Crippen molar-refractivity contribution in [2.75, 3.05) is 0 Å². The number of carbonyl (C=O) groups excluding carboxylic acids is 1. The Kier molecular flexibility index (Phi) is 3.58. The highest BCUT2D eigenvalue weighted by molar-refractivity contribution is 7.17. The monoisotopic (exact) mass is 353 g/mol. The first kappa shape index (κ1) is 15.2. The summed E-state index contributed by atoms with van der Waals surface area (Å²) in [4.78, 5) is 21.9. The van der Waals surface area contributed by atoms with Crippen LogP contribution in [0.2, 0.25) is 0 Å². The van der Waals surface area contributed by atoms with Crippen LogP contribution in [0.4, 0.5) is 0 Å². The topological polar surface area (TPSA) is 47.2 Å². The van der Waals surface area contributed by atoms with Crippen molar-refractivity contribution in [1.82, 2.24) is 9.55 Å². The number of aryl methyl sites for hydroxylation is 3. The van der Waals surface area contributed by atoms with Gasteiger partial charge in [-0.3, -0.25) is 4.79 Å². The van der Waals surface area contributed by atoms with Crippen LogP contribution in [0.1, 0.15) is 21.5 Å². The summed E-state index contributed by atoms with van der Waals surface area (Å²) in [6.45, 7) is 4.17. The zero-order chi connectivity index (χ0) is 16.8. The summed E-state index contributed by atoms with van der Waals surface area (Å²) in [5, 5.41) is 0. The molecule has 0 bridgehead atoms. The summed E-state index contributed by atoms with van der Waals surface area (Å²) >= 11 is 3.07. The van der Waals surface area contributed by atoms with Gasteiger partial charge < -0.3 is 4.57 Å². The molecular formula is C18H15N3OS2. The molecule has 0 aliphatic rings. The molecule has 4 rings (SSSR count). The minimum Gasteiger partial charge on any atom is -0.319 e. The zero-order valence-electron chi connectivity index (χ0n) is 13.5. The molecule has 24 heavy (non-hydrogen) atoms. The van der Waals surface area contributed by atoms with Gasteiger partial charge in [0.2, 0.25) is 0 Å². The van der Waals surface area contributed by atoms with E-state index in [1.807, 2.05) is 23.7 Å². The molecule has 2 aromatic carbocycles. The van der Waals surface area contributed by atoms with Crippen molar-refractivity contribution in [3.8, 4) is 0 Å². The Hall–Kier alpha value is -2.31. The standard InChI is InChI=1S/C18H15N3OS2/c1-10-6-11(2)16-15(7-10)24-18(21(16)3)20-17(22)12-4-5-13-14(8-12)23-9-19-13/h4-9H,1-3H3. The fourth-order valence-electron chi connectivity index (χ4n) is 2.93. The van der Waals surface area contributed by atoms with E-state index >= 15 is 0 Å². The van der Waals surface area contributed by atoms with E-state index in [2.05, 4.69) is 36.0 Å². The molecule has 120 valence electrons. The second-order valence-corrected chi connectivity index (χ2v) is 7.72. The van der Waals surface area contributed by atoms with Gasteiger partial charge in [0.25, 0.3) is 5.91 Å². The lowest BCUT2D eigenvalue weighted by atomic mass is 10.1. The highest BCUT2D eigenvalue weighted by Gasteiger charge is 2.10. The van der Waals surface area contributed by atoms with E-state index in [1.165, 1.54) is 22.5 Å². The lowest BCUT2D eigenvalue weighted by Gasteiger charge is -2.01. The molecule has 2 heterocycles. The highest BCUT2D eigenvalue weighted by Crippen LogP contribution is 2.23. The minimum absolute atomic E-state index is 0.221. The molecular weight excluding hydrogens is 338 g/mol. The predicted molar refractivity (Wildman–Crippen MR) is 99.8 cm³/mol. The fourth-order valence-corrected chi connectivity index (χ4v) is 4.84. The molecule has 0 spiro atoms. The van der Waals surface area contributed by atoms with Gasteiger partial charge in [-0.15, -0.1) is 11.3 Å². The van der Waals surface area contributed by atoms with Gasteiger partial charge in [-0.2, -0.15) is 4.99 Å². The SMILES string of the molecule is Cc1cc(C)c2c(c1)sc(=NC(=O)c1ccc3ncsc3c1)n2C. The summed E-state index contributed by atoms with van der Waals surface area (Å²) in [6.07, 6.45) is 0. The summed E-state index contributed by atoms with van der Waals surface area (Å²) in [7, 11) is 1.96. The molecule has 0 saturated carbocycles. The quantitative estimate of drug-likeness (QED) is 0.515. The van der Waals surface area contributed by atoms with Crippen LogP contribution in [0.25, 0.3) is 20.4 Å². The van der Waals surface area contributed by atoms with E-state index in [0.29, 0.717) is 10.4 Å². The van der Waals surface area contributed by atoms with Gasteiger partial charge >= 0.3 is 0 Å². The molecule has 4 nitrogen and oxygen atoms in total. The molecule has 0 aliphatic carbocycles. The van der Waals surface area contributed by atoms with Gasteiger partial charge in [0, 0.05) is 12.6 Å². The second-order valence-electron chi connectivity index (χ2n) is 5.82. The highest BCUT2D eigenvalue weighted by atomic mass is 32.1. The van der Waals surface area contributed by atoms with E-state index in [1.54, 1.807) is 22.9 Å². The summed E-state index contributed by atoms with van der Waals surface area (Å²) in [5.41, 5.74) is 6.84. The van der Waals surface area contributed by atoms with E-state index in [0.717, 1.165) is 20.4 Å². The third-order valence-electron chi connectivity index (χ3n) is 4.01. The largest absolute Gasteiger partial charge is 0.319 e. The molecule has 0 radical (unpaired) electrons. The Morgan fingerprint density at radius 3 is 2.83 bits per heavy atom. The number of thiazole rings is 2. The van der Waals surface area contributed by atoms with Crippen molar-refractivity contribution in [3.05, 3.63) is 57.3 Å². The van der Waals surface area contributed by atoms with Gasteiger partial charge in [-0.1, -0.05) is 17.4 Å². The normalized spacial score (nSPS) is 12.4. The molecule has 0 N–H and O–H groups in total. The number of rotatable bonds is 1. The molecule has 4 aromatic rings. The van der Waals surface area contributed by atoms with Crippen molar-refractivity contribution < 1.29 is 4.79 Å². The first-order valence-electron chi connectivity index (χ1n) is 7.52. The number of hydrogen-bond acceptors (Lipinski definition) is 4. The first-order valence-corrected chi connectivity index (χ1v) is 9.21. The molecule has 6 heteroatoms. The molecule has 2 aromatic heterocycles. The van der Waals surface area contributed by atoms with Crippen LogP contribution in [-0.2, 0) is 7.05 Å². The van der Waals surface area contributed by atoms with Gasteiger partial charge in [0.05, 0.1) is 25.9 Å². The van der Waals surface area contributed by atoms with Crippen molar-refractivity contribution in [2.45, 2.75) is 13.8 Å². The predicted octanol–water partition coefficient (Wildman–Crippen LogP) is 4.21. The van der Waals surface area contributed by atoms with Crippen molar-refractivity contribution in [3.63, 3.8) is 0 Å². The van der Waals surface area contributed by atoms with Gasteiger partial charge in [-0.25, -0.2) is 4.98 Å². The Bertz CT molecular complexity index is 1160. The van der Waals surface area contributed by atoms with Crippen LogP contribution in [-0.4, -0.2) is 15.5 Å². The number of fused-ring (bicyclic) bond motifs is 2. The van der Waals surface area contributed by atoms with Crippen molar-refractivity contribution >= 4 is 49.0 Å². The molecule has 0 unspecified atom stereocenters. The van der Waals surface area contributed by atoms with Crippen molar-refractivity contribution in [1.29, 1.82) is 0 Å². The Morgan fingerprint density at radius 1 is 1.17 bits per heavy atom. The molecule has 0 atom stereocenters. The summed E-state index contributed by atoms with van der Waals surface area (Å²) in [5.74, 6) is -0.221. The maximum atomic E-state index is 12.6. The van der Waals surface area contributed by atoms with E-state index in [4.69, 9.17) is 0 Å². The van der Waals surface area contributed by atoms with Gasteiger partial charge in [0.1, 0.15) is 0 Å². The second kappa shape index (κ2) is 5.65. The number of aromatic nitrogens is 2. The Labute approximate surface area is 146 Å². The van der Waals surface area contributed by atoms with Crippen LogP contribution in [0.15, 0.2) is 40.8 Å². The summed E-state index contributed by atoms with van der Waals surface area (Å²) < 4.78 is 4.15. The van der Waals surface area contributed by atoms with Crippen LogP contribution >= 0.6 is 22.7 Å². The van der Waals surface area contributed by atoms with Crippen LogP contribution < -0.4 is 4.80 Å². The van der Waals surface area contributed by atoms with Gasteiger partial charge in [-0.05, 0) is 49.2 Å². The fraction of sp³-hybridized carbons (Fsp3) is 0.167. The number of benzene rings is 2. The molecule has 0 saturated heterocycles. The molecule has 1 amide bonds. The maximum absolute atomic E-state index is 12.6. The number of amides is 1. The third kappa shape index (κ3) is 2.48. The number of carbonyl (C=O) groups is 1. The number of nitrogens with zero attached hydrogens (tertiary/aromatic N) is 3. The third-order valence-corrected chi connectivity index (χ3v) is 5.88. The Morgan fingerprint density at radius 2 is 2.00 bits per heavy atom. The van der Waals surface area contributed by atoms with Crippen LogP contribution in [0.3, 0.4) is 0 Å². The molecule has 0 fully saturated rings. The van der Waals surface area contributed by atoms with Crippen LogP contribution in [0.5, 0.6) is 0 Å². The van der Waals surface area contributed by atoms with E-state index in [9.17, 15) is 4.79 Å². The van der Waals surface area contributed by atoms with Crippen molar-refractivity contribution in [2.24, 2.45) is 12.0 Å². The minimum atomic E-state index is -0.221. The lowest BCUT2D eigenvalue weighted by Crippen LogP contribution is -2.13. The average Bonchev–Trinajstić information content (AvgIpc) is 3.11. The Balaban J connectivity index is 1.85. The smallest absolute Gasteiger partial charge is 0.279 e. The maximum Gasteiger partial charge on any atom is 0.279 e. The summed E-state index contributed by atoms with van der Waals surface area (Å²) in [6, 6.07) is 9.81. The van der Waals surface area contributed by atoms with E-state index < -0.39 is 0 Å². The van der Waals surface area contributed by atoms with Crippen LogP contribution in [0, 0.1) is 13.8 Å². The molecule has 0 aliphatic heterocycles. The average molecular weight is 353 g/mol. The zero-order valence-corrected chi connectivity index (χ0v) is 15.2. The lowest BCUT2D eigenvalue weighted by molar-refractivity contribution is 0.0998. The van der Waals surface area contributed by atoms with E-state index in [-0.39, 0.29) is 5.91 Å². The first-order chi connectivity index (χ1) is 11.5.